The molecule has 0 aromatic heterocycles. The number of anilines is 3. The molecule has 3 rings (SSSR count). The first-order chi connectivity index (χ1) is 13.6. The van der Waals surface area contributed by atoms with Crippen LogP contribution >= 0.6 is 0 Å². The first kappa shape index (κ1) is 21.0. The third-order valence-electron chi connectivity index (χ3n) is 4.92. The second-order valence-corrected chi connectivity index (χ2v) is 9.09. The Bertz CT molecular complexity index is 1070. The van der Waals surface area contributed by atoms with Gasteiger partial charge in [-0.25, -0.2) is 21.6 Å². The van der Waals surface area contributed by atoms with Gasteiger partial charge in [-0.1, -0.05) is 12.1 Å². The van der Waals surface area contributed by atoms with E-state index in [0.29, 0.717) is 18.4 Å². The third-order valence-corrected chi connectivity index (χ3v) is 7.11. The third kappa shape index (κ3) is 3.91. The van der Waals surface area contributed by atoms with Crippen LogP contribution in [0.25, 0.3) is 0 Å². The Morgan fingerprint density at radius 3 is 2.41 bits per heavy atom. The molecular weight excluding hydrogens is 405 g/mol. The second-order valence-electron chi connectivity index (χ2n) is 7.01. The van der Waals surface area contributed by atoms with Crippen LogP contribution in [0.1, 0.15) is 24.8 Å². The molecule has 0 aliphatic heterocycles. The molecule has 1 fully saturated rings. The predicted molar refractivity (Wildman–Crippen MR) is 107 cm³/mol. The van der Waals surface area contributed by atoms with Crippen molar-refractivity contribution in [2.45, 2.75) is 30.9 Å². The molecule has 0 atom stereocenters. The molecule has 0 spiro atoms. The van der Waals surface area contributed by atoms with Crippen LogP contribution in [0.4, 0.5) is 30.2 Å². The van der Waals surface area contributed by atoms with Crippen LogP contribution in [0.3, 0.4) is 0 Å². The summed E-state index contributed by atoms with van der Waals surface area (Å²) in [6.07, 6.45) is 2.53. The SMILES string of the molecule is C=CCC1(S(=O)(=O)Nc2c(OC)cc(F)c(F)c2Nc2ccc(C)cc2F)CC1. The van der Waals surface area contributed by atoms with Gasteiger partial charge in [0.05, 0.1) is 17.5 Å². The summed E-state index contributed by atoms with van der Waals surface area (Å²) in [4.78, 5) is 0. The Morgan fingerprint density at radius 1 is 1.17 bits per heavy atom. The zero-order valence-electron chi connectivity index (χ0n) is 16.0. The van der Waals surface area contributed by atoms with Crippen LogP contribution in [0.2, 0.25) is 0 Å². The molecule has 156 valence electrons. The van der Waals surface area contributed by atoms with Crippen molar-refractivity contribution in [1.29, 1.82) is 0 Å². The molecular formula is C20H21F3N2O3S. The van der Waals surface area contributed by atoms with Crippen molar-refractivity contribution < 1.29 is 26.3 Å². The lowest BCUT2D eigenvalue weighted by atomic mass is 10.2. The smallest absolute Gasteiger partial charge is 0.238 e. The van der Waals surface area contributed by atoms with Gasteiger partial charge in [0.25, 0.3) is 0 Å². The minimum Gasteiger partial charge on any atom is -0.494 e. The molecule has 2 N–H and O–H groups in total. The number of nitrogens with one attached hydrogen (secondary N) is 2. The Kier molecular flexibility index (Phi) is 5.53. The number of rotatable bonds is 8. The fraction of sp³-hybridized carbons (Fsp3) is 0.300. The van der Waals surface area contributed by atoms with Crippen LogP contribution in [-0.2, 0) is 10.0 Å². The predicted octanol–water partition coefficient (Wildman–Crippen LogP) is 5.01. The van der Waals surface area contributed by atoms with Crippen LogP contribution in [0.5, 0.6) is 5.75 Å². The largest absolute Gasteiger partial charge is 0.494 e. The highest BCUT2D eigenvalue weighted by atomic mass is 32.2. The minimum absolute atomic E-state index is 0.144. The number of sulfonamides is 1. The van der Waals surface area contributed by atoms with Crippen molar-refractivity contribution in [2.75, 3.05) is 17.1 Å². The molecule has 0 heterocycles. The Morgan fingerprint density at radius 2 is 1.86 bits per heavy atom. The van der Waals surface area contributed by atoms with Gasteiger partial charge in [0, 0.05) is 6.07 Å². The van der Waals surface area contributed by atoms with E-state index in [4.69, 9.17) is 4.74 Å². The normalized spacial score (nSPS) is 14.9. The maximum absolute atomic E-state index is 14.6. The molecule has 0 saturated heterocycles. The Labute approximate surface area is 167 Å². The number of halogens is 3. The number of hydrogen-bond acceptors (Lipinski definition) is 4. The van der Waals surface area contributed by atoms with Crippen molar-refractivity contribution in [3.8, 4) is 5.75 Å². The molecule has 0 amide bonds. The average molecular weight is 426 g/mol. The molecule has 29 heavy (non-hydrogen) atoms. The summed E-state index contributed by atoms with van der Waals surface area (Å²) in [6, 6.07) is 4.87. The number of hydrogen-bond donors (Lipinski definition) is 2. The first-order valence-corrected chi connectivity index (χ1v) is 10.3. The molecule has 1 saturated carbocycles. The van der Waals surface area contributed by atoms with Gasteiger partial charge in [-0.15, -0.1) is 6.58 Å². The highest BCUT2D eigenvalue weighted by Crippen LogP contribution is 2.49. The molecule has 9 heteroatoms. The maximum Gasteiger partial charge on any atom is 0.238 e. The quantitative estimate of drug-likeness (QED) is 0.582. The van der Waals surface area contributed by atoms with E-state index in [1.54, 1.807) is 13.0 Å². The van der Waals surface area contributed by atoms with E-state index in [2.05, 4.69) is 16.6 Å². The summed E-state index contributed by atoms with van der Waals surface area (Å²) < 4.78 is 75.2. The van der Waals surface area contributed by atoms with Crippen molar-refractivity contribution in [2.24, 2.45) is 0 Å². The number of allylic oxidation sites excluding steroid dienone is 1. The van der Waals surface area contributed by atoms with Gasteiger partial charge in [0.15, 0.2) is 11.6 Å². The van der Waals surface area contributed by atoms with Gasteiger partial charge in [-0.3, -0.25) is 4.72 Å². The summed E-state index contributed by atoms with van der Waals surface area (Å²) in [5.74, 6) is -3.58. The van der Waals surface area contributed by atoms with Gasteiger partial charge < -0.3 is 10.1 Å². The maximum atomic E-state index is 14.6. The highest BCUT2D eigenvalue weighted by molar-refractivity contribution is 7.94. The van der Waals surface area contributed by atoms with Crippen LogP contribution in [0, 0.1) is 24.4 Å². The van der Waals surface area contributed by atoms with Gasteiger partial charge >= 0.3 is 0 Å². The summed E-state index contributed by atoms with van der Waals surface area (Å²) in [5, 5.41) is 2.46. The lowest BCUT2D eigenvalue weighted by Gasteiger charge is -2.21. The summed E-state index contributed by atoms with van der Waals surface area (Å²) >= 11 is 0. The lowest BCUT2D eigenvalue weighted by molar-refractivity contribution is 0.409. The summed E-state index contributed by atoms with van der Waals surface area (Å²) in [7, 11) is -2.79. The van der Waals surface area contributed by atoms with Crippen molar-refractivity contribution in [3.63, 3.8) is 0 Å². The molecule has 2 aromatic carbocycles. The lowest BCUT2D eigenvalue weighted by Crippen LogP contribution is -2.30. The molecule has 2 aromatic rings. The molecule has 1 aliphatic carbocycles. The standard InChI is InChI=1S/C20H21F3N2O3S/c1-4-7-20(8-9-20)29(26,27)25-18-16(28-3)11-14(22)17(23)19(18)24-15-6-5-12(2)10-13(15)21/h4-6,10-11,24-25H,1,7-9H2,2-3H3. The van der Waals surface area contributed by atoms with Crippen molar-refractivity contribution >= 4 is 27.1 Å². The molecule has 5 nitrogen and oxygen atoms in total. The highest BCUT2D eigenvalue weighted by Gasteiger charge is 2.54. The second kappa shape index (κ2) is 7.62. The number of ether oxygens (including phenoxy) is 1. The zero-order chi connectivity index (χ0) is 21.4. The fourth-order valence-electron chi connectivity index (χ4n) is 3.07. The number of methoxy groups -OCH3 is 1. The van der Waals surface area contributed by atoms with Crippen molar-refractivity contribution in [1.82, 2.24) is 0 Å². The fourth-order valence-corrected chi connectivity index (χ4v) is 4.73. The summed E-state index contributed by atoms with van der Waals surface area (Å²) in [5.41, 5.74) is -0.412. The van der Waals surface area contributed by atoms with Gasteiger partial charge in [-0.2, -0.15) is 0 Å². The Hall–Kier alpha value is -2.68. The van der Waals surface area contributed by atoms with E-state index < -0.39 is 37.9 Å². The van der Waals surface area contributed by atoms with Crippen LogP contribution in [-0.4, -0.2) is 20.3 Å². The number of aryl methyl sites for hydroxylation is 1. The van der Waals surface area contributed by atoms with E-state index in [-0.39, 0.29) is 23.5 Å². The van der Waals surface area contributed by atoms with E-state index in [0.717, 1.165) is 6.07 Å². The van der Waals surface area contributed by atoms with Crippen LogP contribution in [0.15, 0.2) is 36.9 Å². The first-order valence-electron chi connectivity index (χ1n) is 8.86. The zero-order valence-corrected chi connectivity index (χ0v) is 16.8. The van der Waals surface area contributed by atoms with Crippen molar-refractivity contribution in [3.05, 3.63) is 59.9 Å². The monoisotopic (exact) mass is 426 g/mol. The topological polar surface area (TPSA) is 67.4 Å². The Balaban J connectivity index is 2.10. The molecule has 0 bridgehead atoms. The van der Waals surface area contributed by atoms with E-state index in [1.807, 2.05) is 0 Å². The minimum atomic E-state index is -3.98. The molecule has 0 unspecified atom stereocenters. The summed E-state index contributed by atoms with van der Waals surface area (Å²) in [6.45, 7) is 5.25. The van der Waals surface area contributed by atoms with Gasteiger partial charge in [0.2, 0.25) is 10.0 Å². The number of benzene rings is 2. The molecule has 0 radical (unpaired) electrons. The van der Waals surface area contributed by atoms with Gasteiger partial charge in [0.1, 0.15) is 22.9 Å². The van der Waals surface area contributed by atoms with Crippen LogP contribution < -0.4 is 14.8 Å². The van der Waals surface area contributed by atoms with E-state index >= 15 is 0 Å². The van der Waals surface area contributed by atoms with Gasteiger partial charge in [-0.05, 0) is 43.9 Å². The van der Waals surface area contributed by atoms with E-state index in [9.17, 15) is 21.6 Å². The average Bonchev–Trinajstić information content (AvgIpc) is 3.44. The molecule has 1 aliphatic rings. The van der Waals surface area contributed by atoms with E-state index in [1.165, 1.54) is 25.3 Å².